The molecule has 0 aliphatic carbocycles. The molecule has 4 heteroatoms. The highest BCUT2D eigenvalue weighted by atomic mass is 32.2. The van der Waals surface area contributed by atoms with E-state index in [0.29, 0.717) is 0 Å². The Kier molecular flexibility index (Phi) is 9.62. The monoisotopic (exact) mass is 753 g/mol. The second kappa shape index (κ2) is 15.0. The zero-order chi connectivity index (χ0) is 38.2. The van der Waals surface area contributed by atoms with Gasteiger partial charge in [-0.3, -0.25) is 0 Å². The Bertz CT molecular complexity index is 2540. The minimum Gasteiger partial charge on any atom is -0.311 e. The maximum atomic E-state index is 2.61. The normalized spacial score (nSPS) is 12.3. The molecule has 0 spiro atoms. The van der Waals surface area contributed by atoms with Gasteiger partial charge in [-0.2, -0.15) is 0 Å². The fraction of sp³-hybridized carbons (Fsp3) is 0.0769. The van der Waals surface area contributed by atoms with Crippen molar-refractivity contribution >= 4 is 80.7 Å². The number of hydrogen-bond acceptors (Lipinski definition) is 2. The summed E-state index contributed by atoms with van der Waals surface area (Å²) in [5.74, 6) is 0. The van der Waals surface area contributed by atoms with E-state index in [1.807, 2.05) is 11.8 Å². The molecule has 0 amide bonds. The van der Waals surface area contributed by atoms with E-state index in [-0.39, 0.29) is 6.71 Å². The van der Waals surface area contributed by atoms with Crippen molar-refractivity contribution in [3.05, 3.63) is 216 Å². The van der Waals surface area contributed by atoms with Crippen LogP contribution in [0.4, 0.5) is 17.1 Å². The van der Waals surface area contributed by atoms with Crippen molar-refractivity contribution in [2.75, 3.05) is 4.90 Å². The molecule has 0 N–H and O–H groups in total. The highest BCUT2D eigenvalue weighted by molar-refractivity contribution is 7.99. The molecule has 0 saturated carbocycles. The number of benzene rings is 8. The molecule has 1 aliphatic heterocycles. The molecule has 1 heterocycles. The highest BCUT2D eigenvalue weighted by Gasteiger charge is 2.44. The van der Waals surface area contributed by atoms with Crippen molar-refractivity contribution in [2.45, 2.75) is 37.5 Å². The van der Waals surface area contributed by atoms with E-state index in [9.17, 15) is 0 Å². The van der Waals surface area contributed by atoms with Gasteiger partial charge >= 0.3 is 0 Å². The van der Waals surface area contributed by atoms with Crippen LogP contribution >= 0.6 is 11.8 Å². The maximum Gasteiger partial charge on any atom is 0.247 e. The van der Waals surface area contributed by atoms with E-state index in [1.54, 1.807) is 0 Å². The molecule has 0 fully saturated rings. The van der Waals surface area contributed by atoms with Crippen LogP contribution in [0.15, 0.2) is 204 Å². The predicted octanol–water partition coefficient (Wildman–Crippen LogP) is 8.75. The fourth-order valence-corrected chi connectivity index (χ4v) is 14.9. The number of nitrogens with zero attached hydrogens (tertiary/aromatic N) is 1. The smallest absolute Gasteiger partial charge is 0.247 e. The quantitative estimate of drug-likeness (QED) is 0.113. The van der Waals surface area contributed by atoms with Gasteiger partial charge in [0.2, 0.25) is 6.71 Å². The molecule has 270 valence electrons. The van der Waals surface area contributed by atoms with Crippen LogP contribution in [0.2, 0.25) is 0 Å². The van der Waals surface area contributed by atoms with Gasteiger partial charge < -0.3 is 4.90 Å². The Hall–Kier alpha value is -5.81. The van der Waals surface area contributed by atoms with Gasteiger partial charge in [-0.25, -0.2) is 0 Å². The molecule has 0 saturated heterocycles. The fourth-order valence-electron chi connectivity index (χ4n) is 9.24. The number of aryl methyl sites for hydroxylation is 4. The molecule has 0 radical (unpaired) electrons. The summed E-state index contributed by atoms with van der Waals surface area (Å²) in [5, 5.41) is 5.53. The Morgan fingerprint density at radius 2 is 0.911 bits per heavy atom. The second-order valence-corrected chi connectivity index (χ2v) is 20.1. The topological polar surface area (TPSA) is 3.24 Å². The molecule has 0 bridgehead atoms. The van der Waals surface area contributed by atoms with E-state index >= 15 is 0 Å². The third-order valence-corrected chi connectivity index (χ3v) is 17.2. The van der Waals surface area contributed by atoms with E-state index in [4.69, 9.17) is 0 Å². The Labute approximate surface area is 337 Å². The van der Waals surface area contributed by atoms with Gasteiger partial charge in [0.05, 0.1) is 0 Å². The van der Waals surface area contributed by atoms with E-state index < -0.39 is 8.07 Å². The predicted molar refractivity (Wildman–Crippen MR) is 245 cm³/mol. The molecular formula is C52H44BNSSi. The Morgan fingerprint density at radius 3 is 1.48 bits per heavy atom. The maximum absolute atomic E-state index is 2.80. The third kappa shape index (κ3) is 6.33. The summed E-state index contributed by atoms with van der Waals surface area (Å²) in [6, 6.07) is 72.9. The Morgan fingerprint density at radius 1 is 0.411 bits per heavy atom. The van der Waals surface area contributed by atoms with Crippen LogP contribution in [0.3, 0.4) is 0 Å². The third-order valence-electron chi connectivity index (χ3n) is 11.4. The van der Waals surface area contributed by atoms with Gasteiger partial charge in [0.1, 0.15) is 0 Å². The lowest BCUT2D eigenvalue weighted by atomic mass is 9.33. The van der Waals surface area contributed by atoms with Crippen molar-refractivity contribution in [1.29, 1.82) is 0 Å². The van der Waals surface area contributed by atoms with Gasteiger partial charge in [-0.05, 0) is 102 Å². The zero-order valence-electron chi connectivity index (χ0n) is 32.4. The summed E-state index contributed by atoms with van der Waals surface area (Å²) >= 11 is 1.81. The highest BCUT2D eigenvalue weighted by Crippen LogP contribution is 2.39. The van der Waals surface area contributed by atoms with Crippen molar-refractivity contribution in [2.24, 2.45) is 0 Å². The summed E-state index contributed by atoms with van der Waals surface area (Å²) in [5.41, 5.74) is 13.0. The van der Waals surface area contributed by atoms with Crippen LogP contribution < -0.4 is 42.0 Å². The first-order valence-corrected chi connectivity index (χ1v) is 22.4. The first-order valence-electron chi connectivity index (χ1n) is 19.5. The zero-order valence-corrected chi connectivity index (χ0v) is 34.2. The number of fused-ring (bicyclic) bond motifs is 2. The van der Waals surface area contributed by atoms with Gasteiger partial charge in [-0.15, -0.1) is 0 Å². The lowest BCUT2D eigenvalue weighted by molar-refractivity contribution is 1.26. The van der Waals surface area contributed by atoms with E-state index in [1.165, 1.54) is 86.2 Å². The van der Waals surface area contributed by atoms with Crippen molar-refractivity contribution in [1.82, 2.24) is 0 Å². The summed E-state index contributed by atoms with van der Waals surface area (Å²) in [4.78, 5) is 4.98. The van der Waals surface area contributed by atoms with Crippen LogP contribution in [0, 0.1) is 27.7 Å². The number of rotatable bonds is 8. The van der Waals surface area contributed by atoms with Crippen LogP contribution in [-0.4, -0.2) is 14.8 Å². The average Bonchev–Trinajstić information content (AvgIpc) is 3.22. The SMILES string of the molecule is Cc1cc(C)c(B2c3cc(C)ccc3N(c3cccc(Sc4ccccc4)c3)c3ccc([Si](c4ccccc4)(c4ccccc4)c4ccccc4)cc32)c(C)c1. The lowest BCUT2D eigenvalue weighted by Crippen LogP contribution is -2.75. The first-order chi connectivity index (χ1) is 27.4. The molecule has 0 aromatic heterocycles. The van der Waals surface area contributed by atoms with Gasteiger partial charge in [-0.1, -0.05) is 191 Å². The summed E-state index contributed by atoms with van der Waals surface area (Å²) in [6.07, 6.45) is 0. The summed E-state index contributed by atoms with van der Waals surface area (Å²) < 4.78 is 0. The van der Waals surface area contributed by atoms with Crippen molar-refractivity contribution in [3.63, 3.8) is 0 Å². The summed E-state index contributed by atoms with van der Waals surface area (Å²) in [7, 11) is -2.80. The van der Waals surface area contributed by atoms with E-state index in [0.717, 1.165) is 0 Å². The van der Waals surface area contributed by atoms with Crippen LogP contribution in [-0.2, 0) is 0 Å². The average molecular weight is 754 g/mol. The Balaban J connectivity index is 1.36. The number of anilines is 3. The minimum absolute atomic E-state index is 0.0487. The minimum atomic E-state index is -2.80. The molecule has 1 aliphatic rings. The van der Waals surface area contributed by atoms with Gasteiger partial charge in [0.15, 0.2) is 8.07 Å². The van der Waals surface area contributed by atoms with E-state index in [2.05, 4.69) is 227 Å². The molecule has 9 rings (SSSR count). The molecular weight excluding hydrogens is 710 g/mol. The first kappa shape index (κ1) is 35.9. The molecule has 1 nitrogen and oxygen atoms in total. The van der Waals surface area contributed by atoms with Crippen molar-refractivity contribution < 1.29 is 0 Å². The van der Waals surface area contributed by atoms with Gasteiger partial charge in [0, 0.05) is 26.9 Å². The molecule has 0 atom stereocenters. The largest absolute Gasteiger partial charge is 0.311 e. The van der Waals surface area contributed by atoms with Crippen LogP contribution in [0.25, 0.3) is 0 Å². The summed E-state index contributed by atoms with van der Waals surface area (Å²) in [6.45, 7) is 9.12. The molecule has 56 heavy (non-hydrogen) atoms. The standard InChI is InChI=1S/C52H44BNSSi/c1-37-28-30-50-48(34-37)53(52-39(3)32-38(2)33-40(52)4)49-36-47(29-31-51(49)54(50)41-18-17-21-43(35-41)55-42-19-9-5-10-20-42)56(44-22-11-6-12-23-44,45-24-13-7-14-25-45)46-26-15-8-16-27-46/h5-36H,1-4H3. The molecule has 8 aromatic rings. The van der Waals surface area contributed by atoms with Crippen LogP contribution in [0.1, 0.15) is 22.3 Å². The lowest BCUT2D eigenvalue weighted by Gasteiger charge is -2.40. The van der Waals surface area contributed by atoms with Crippen LogP contribution in [0.5, 0.6) is 0 Å². The second-order valence-electron chi connectivity index (χ2n) is 15.2. The number of hydrogen-bond donors (Lipinski definition) is 0. The molecule has 0 unspecified atom stereocenters. The van der Waals surface area contributed by atoms with Gasteiger partial charge in [0.25, 0.3) is 0 Å². The molecule has 8 aromatic carbocycles. The van der Waals surface area contributed by atoms with Crippen molar-refractivity contribution in [3.8, 4) is 0 Å².